The van der Waals surface area contributed by atoms with E-state index < -0.39 is 5.60 Å². The molecule has 2 saturated heterocycles. The van der Waals surface area contributed by atoms with E-state index in [1.165, 1.54) is 0 Å². The molecule has 0 saturated carbocycles. The highest BCUT2D eigenvalue weighted by molar-refractivity contribution is 5.42. The Labute approximate surface area is 107 Å². The zero-order valence-corrected chi connectivity index (χ0v) is 10.6. The molecule has 2 atom stereocenters. The zero-order valence-electron chi connectivity index (χ0n) is 10.6. The molecule has 2 aliphatic rings. The fourth-order valence-corrected chi connectivity index (χ4v) is 3.39. The molecule has 1 aromatic carbocycles. The molecule has 0 aromatic heterocycles. The molecule has 18 heavy (non-hydrogen) atoms. The van der Waals surface area contributed by atoms with Crippen molar-refractivity contribution in [2.45, 2.75) is 50.3 Å². The van der Waals surface area contributed by atoms with Gasteiger partial charge in [0, 0.05) is 12.1 Å². The quantitative estimate of drug-likeness (QED) is 0.791. The molecule has 0 aliphatic carbocycles. The van der Waals surface area contributed by atoms with Crippen LogP contribution in [0.15, 0.2) is 18.2 Å². The summed E-state index contributed by atoms with van der Waals surface area (Å²) in [6, 6.07) is 8.84. The molecule has 2 fully saturated rings. The van der Waals surface area contributed by atoms with Gasteiger partial charge in [-0.25, -0.2) is 0 Å². The third kappa shape index (κ3) is 1.82. The predicted octanol–water partition coefficient (Wildman–Crippen LogP) is 1.97. The number of nitrogens with zero attached hydrogens (tertiary/aromatic N) is 1. The molecule has 2 N–H and O–H groups in total. The first-order valence-corrected chi connectivity index (χ1v) is 6.60. The topological polar surface area (TPSA) is 56.0 Å². The lowest BCUT2D eigenvalue weighted by molar-refractivity contribution is -0.0114. The average molecular weight is 242 g/mol. The van der Waals surface area contributed by atoms with Gasteiger partial charge in [-0.15, -0.1) is 0 Å². The minimum atomic E-state index is -0.754. The van der Waals surface area contributed by atoms with Crippen molar-refractivity contribution in [3.8, 4) is 6.07 Å². The zero-order chi connectivity index (χ0) is 12.8. The van der Waals surface area contributed by atoms with Crippen LogP contribution in [0.2, 0.25) is 0 Å². The van der Waals surface area contributed by atoms with Crippen molar-refractivity contribution in [2.24, 2.45) is 0 Å². The molecule has 94 valence electrons. The number of fused-ring (bicyclic) bond motifs is 2. The van der Waals surface area contributed by atoms with Gasteiger partial charge in [0.25, 0.3) is 0 Å². The molecule has 2 unspecified atom stereocenters. The summed E-state index contributed by atoms with van der Waals surface area (Å²) in [4.78, 5) is 0. The van der Waals surface area contributed by atoms with E-state index in [-0.39, 0.29) is 0 Å². The van der Waals surface area contributed by atoms with Gasteiger partial charge < -0.3 is 10.4 Å². The van der Waals surface area contributed by atoms with E-state index in [9.17, 15) is 5.11 Å². The lowest BCUT2D eigenvalue weighted by atomic mass is 9.80. The van der Waals surface area contributed by atoms with Gasteiger partial charge in [-0.3, -0.25) is 0 Å². The highest BCUT2D eigenvalue weighted by Gasteiger charge is 2.43. The van der Waals surface area contributed by atoms with Gasteiger partial charge >= 0.3 is 0 Å². The SMILES string of the molecule is Cc1ccc(C2(O)CC3CCC(C2)N3)cc1C#N. The third-order valence-corrected chi connectivity index (χ3v) is 4.40. The van der Waals surface area contributed by atoms with Crippen LogP contribution in [0.4, 0.5) is 0 Å². The number of nitriles is 1. The third-order valence-electron chi connectivity index (χ3n) is 4.40. The van der Waals surface area contributed by atoms with Crippen LogP contribution in [0.25, 0.3) is 0 Å². The Kier molecular flexibility index (Phi) is 2.65. The summed E-state index contributed by atoms with van der Waals surface area (Å²) in [6.45, 7) is 1.93. The first-order chi connectivity index (χ1) is 8.60. The van der Waals surface area contributed by atoms with E-state index in [4.69, 9.17) is 5.26 Å². The summed E-state index contributed by atoms with van der Waals surface area (Å²) in [5, 5.41) is 23.5. The minimum absolute atomic E-state index is 0.431. The number of nitrogens with one attached hydrogen (secondary N) is 1. The van der Waals surface area contributed by atoms with Crippen LogP contribution < -0.4 is 5.32 Å². The second-order valence-corrected chi connectivity index (χ2v) is 5.72. The van der Waals surface area contributed by atoms with E-state index in [1.807, 2.05) is 25.1 Å². The van der Waals surface area contributed by atoms with Crippen LogP contribution in [-0.2, 0) is 5.60 Å². The van der Waals surface area contributed by atoms with Gasteiger partial charge in [0.15, 0.2) is 0 Å². The number of rotatable bonds is 1. The van der Waals surface area contributed by atoms with Gasteiger partial charge in [-0.1, -0.05) is 12.1 Å². The molecule has 3 nitrogen and oxygen atoms in total. The predicted molar refractivity (Wildman–Crippen MR) is 69.0 cm³/mol. The molecular formula is C15H18N2O. The highest BCUT2D eigenvalue weighted by atomic mass is 16.3. The van der Waals surface area contributed by atoms with E-state index in [2.05, 4.69) is 11.4 Å². The van der Waals surface area contributed by atoms with Crippen LogP contribution >= 0.6 is 0 Å². The van der Waals surface area contributed by atoms with E-state index in [1.54, 1.807) is 0 Å². The number of aliphatic hydroxyl groups is 1. The Bertz CT molecular complexity index is 506. The van der Waals surface area contributed by atoms with E-state index in [0.717, 1.165) is 36.8 Å². The molecule has 0 amide bonds. The summed E-state index contributed by atoms with van der Waals surface area (Å²) < 4.78 is 0. The number of piperidine rings is 1. The van der Waals surface area contributed by atoms with Crippen LogP contribution in [0.1, 0.15) is 42.4 Å². The number of hydrogen-bond donors (Lipinski definition) is 2. The fraction of sp³-hybridized carbons (Fsp3) is 0.533. The lowest BCUT2D eigenvalue weighted by Gasteiger charge is -2.37. The maximum Gasteiger partial charge on any atom is 0.0994 e. The Morgan fingerprint density at radius 1 is 1.33 bits per heavy atom. The summed E-state index contributed by atoms with van der Waals surface area (Å²) in [6.07, 6.45) is 3.84. The molecule has 2 bridgehead atoms. The first-order valence-electron chi connectivity index (χ1n) is 6.60. The largest absolute Gasteiger partial charge is 0.385 e. The van der Waals surface area contributed by atoms with E-state index >= 15 is 0 Å². The minimum Gasteiger partial charge on any atom is -0.385 e. The van der Waals surface area contributed by atoms with E-state index in [0.29, 0.717) is 17.6 Å². The molecule has 3 rings (SSSR count). The molecule has 3 heteroatoms. The summed E-state index contributed by atoms with van der Waals surface area (Å²) in [5.41, 5.74) is 1.80. The maximum absolute atomic E-state index is 10.9. The summed E-state index contributed by atoms with van der Waals surface area (Å²) in [7, 11) is 0. The summed E-state index contributed by atoms with van der Waals surface area (Å²) in [5.74, 6) is 0. The number of hydrogen-bond acceptors (Lipinski definition) is 3. The van der Waals surface area contributed by atoms with Crippen LogP contribution in [0, 0.1) is 18.3 Å². The van der Waals surface area contributed by atoms with Crippen molar-refractivity contribution in [1.29, 1.82) is 5.26 Å². The fourth-order valence-electron chi connectivity index (χ4n) is 3.39. The normalized spacial score (nSPS) is 34.3. The van der Waals surface area contributed by atoms with Crippen molar-refractivity contribution >= 4 is 0 Å². The molecule has 2 heterocycles. The molecule has 0 radical (unpaired) electrons. The van der Waals surface area contributed by atoms with Gasteiger partial charge in [0.05, 0.1) is 17.2 Å². The van der Waals surface area contributed by atoms with Crippen LogP contribution in [-0.4, -0.2) is 17.2 Å². The van der Waals surface area contributed by atoms with Gasteiger partial charge in [0.2, 0.25) is 0 Å². The Morgan fingerprint density at radius 3 is 2.61 bits per heavy atom. The molecule has 1 aromatic rings. The van der Waals surface area contributed by atoms with Crippen molar-refractivity contribution in [3.63, 3.8) is 0 Å². The second kappa shape index (κ2) is 4.08. The van der Waals surface area contributed by atoms with Crippen molar-refractivity contribution in [2.75, 3.05) is 0 Å². The molecule has 2 aliphatic heterocycles. The smallest absolute Gasteiger partial charge is 0.0994 e. The van der Waals surface area contributed by atoms with Crippen molar-refractivity contribution in [3.05, 3.63) is 34.9 Å². The molecule has 0 spiro atoms. The van der Waals surface area contributed by atoms with Crippen molar-refractivity contribution < 1.29 is 5.11 Å². The molecular weight excluding hydrogens is 224 g/mol. The average Bonchev–Trinajstić information content (AvgIpc) is 2.69. The maximum atomic E-state index is 10.9. The Balaban J connectivity index is 1.97. The Hall–Kier alpha value is -1.37. The standard InChI is InChI=1S/C15H18N2O/c1-10-2-3-12(6-11(10)9-16)15(18)7-13-4-5-14(8-15)17-13/h2-3,6,13-14,17-18H,4-5,7-8H2,1H3. The number of aryl methyl sites for hydroxylation is 1. The second-order valence-electron chi connectivity index (χ2n) is 5.72. The van der Waals surface area contributed by atoms with Crippen LogP contribution in [0.3, 0.4) is 0 Å². The first kappa shape index (κ1) is 11.7. The van der Waals surface area contributed by atoms with Gasteiger partial charge in [-0.2, -0.15) is 5.26 Å². The van der Waals surface area contributed by atoms with Crippen molar-refractivity contribution in [1.82, 2.24) is 5.32 Å². The van der Waals surface area contributed by atoms with Gasteiger partial charge in [0.1, 0.15) is 0 Å². The summed E-state index contributed by atoms with van der Waals surface area (Å²) >= 11 is 0. The Morgan fingerprint density at radius 2 is 2.00 bits per heavy atom. The lowest BCUT2D eigenvalue weighted by Crippen LogP contribution is -2.46. The monoisotopic (exact) mass is 242 g/mol. The van der Waals surface area contributed by atoms with Gasteiger partial charge in [-0.05, 0) is 49.8 Å². The highest BCUT2D eigenvalue weighted by Crippen LogP contribution is 2.40. The van der Waals surface area contributed by atoms with Crippen LogP contribution in [0.5, 0.6) is 0 Å². The number of benzene rings is 1.